The first-order valence-corrected chi connectivity index (χ1v) is 12.5. The van der Waals surface area contributed by atoms with Crippen LogP contribution in [0.2, 0.25) is 0 Å². The van der Waals surface area contributed by atoms with Crippen molar-refractivity contribution in [2.45, 2.75) is 78.9 Å². The number of hydrogen-bond donors (Lipinski definition) is 1. The van der Waals surface area contributed by atoms with Crippen LogP contribution in [0.5, 0.6) is 0 Å². The molecule has 36 heavy (non-hydrogen) atoms. The number of amides is 1. The summed E-state index contributed by atoms with van der Waals surface area (Å²) in [5.41, 5.74) is 3.51. The number of carboxylic acids is 1. The zero-order valence-corrected chi connectivity index (χ0v) is 22.1. The van der Waals surface area contributed by atoms with Crippen molar-refractivity contribution in [2.75, 3.05) is 0 Å². The average molecular weight is 492 g/mol. The molecule has 0 radical (unpaired) electrons. The van der Waals surface area contributed by atoms with Gasteiger partial charge >= 0.3 is 5.97 Å². The van der Waals surface area contributed by atoms with Crippen LogP contribution < -0.4 is 0 Å². The van der Waals surface area contributed by atoms with Gasteiger partial charge in [-0.25, -0.2) is 9.48 Å². The number of aliphatic carboxylic acids is 1. The Hall–Kier alpha value is -3.55. The summed E-state index contributed by atoms with van der Waals surface area (Å²) in [5, 5.41) is 22.2. The summed E-state index contributed by atoms with van der Waals surface area (Å²) >= 11 is 0. The molecule has 0 aliphatic carbocycles. The van der Waals surface area contributed by atoms with Gasteiger partial charge in [0.1, 0.15) is 6.04 Å². The molecule has 0 saturated heterocycles. The van der Waals surface area contributed by atoms with Crippen molar-refractivity contribution in [1.82, 2.24) is 25.1 Å². The molecular formula is C28H37N5O3. The zero-order valence-electron chi connectivity index (χ0n) is 22.1. The summed E-state index contributed by atoms with van der Waals surface area (Å²) in [5.74, 6) is -0.609. The molecule has 1 amide bonds. The Balaban J connectivity index is 1.93. The van der Waals surface area contributed by atoms with E-state index < -0.39 is 12.0 Å². The molecule has 3 aromatic rings. The van der Waals surface area contributed by atoms with E-state index in [9.17, 15) is 14.7 Å². The van der Waals surface area contributed by atoms with Crippen LogP contribution in [0.1, 0.15) is 66.4 Å². The molecule has 8 heteroatoms. The highest BCUT2D eigenvalue weighted by molar-refractivity contribution is 5.84. The van der Waals surface area contributed by atoms with Crippen molar-refractivity contribution in [2.24, 2.45) is 5.92 Å². The maximum Gasteiger partial charge on any atom is 0.326 e. The van der Waals surface area contributed by atoms with E-state index in [2.05, 4.69) is 36.3 Å². The van der Waals surface area contributed by atoms with Gasteiger partial charge in [0.2, 0.25) is 5.91 Å². The van der Waals surface area contributed by atoms with Gasteiger partial charge in [0.25, 0.3) is 0 Å². The van der Waals surface area contributed by atoms with Gasteiger partial charge in [-0.3, -0.25) is 4.79 Å². The maximum atomic E-state index is 13.0. The quantitative estimate of drug-likeness (QED) is 0.408. The lowest BCUT2D eigenvalue weighted by Gasteiger charge is -2.32. The van der Waals surface area contributed by atoms with Gasteiger partial charge in [-0.2, -0.15) is 0 Å². The fourth-order valence-corrected chi connectivity index (χ4v) is 4.31. The lowest BCUT2D eigenvalue weighted by molar-refractivity contribution is -0.153. The number of tetrazole rings is 1. The van der Waals surface area contributed by atoms with Crippen LogP contribution in [0.4, 0.5) is 0 Å². The van der Waals surface area contributed by atoms with Crippen molar-refractivity contribution in [3.05, 3.63) is 54.1 Å². The molecule has 8 nitrogen and oxygen atoms in total. The SMILES string of the molecule is CCCCC(=O)N(Cc1ccc(-c2ccccc2-c2nnnn2C(C)(C)C)cc1)C(C(=O)O)C(C)C. The normalized spacial score (nSPS) is 12.5. The monoisotopic (exact) mass is 491 g/mol. The highest BCUT2D eigenvalue weighted by Crippen LogP contribution is 2.32. The molecule has 0 aliphatic rings. The van der Waals surface area contributed by atoms with Crippen LogP contribution in [0, 0.1) is 5.92 Å². The average Bonchev–Trinajstić information content (AvgIpc) is 3.33. The van der Waals surface area contributed by atoms with Crippen molar-refractivity contribution in [1.29, 1.82) is 0 Å². The summed E-state index contributed by atoms with van der Waals surface area (Å²) in [6, 6.07) is 15.0. The Morgan fingerprint density at radius 2 is 1.67 bits per heavy atom. The third-order valence-corrected chi connectivity index (χ3v) is 6.18. The van der Waals surface area contributed by atoms with Crippen LogP contribution >= 0.6 is 0 Å². The number of carbonyl (C=O) groups is 2. The van der Waals surface area contributed by atoms with Crippen molar-refractivity contribution < 1.29 is 14.7 Å². The predicted molar refractivity (Wildman–Crippen MR) is 140 cm³/mol. The minimum Gasteiger partial charge on any atom is -0.480 e. The number of rotatable bonds is 10. The Kier molecular flexibility index (Phi) is 8.61. The van der Waals surface area contributed by atoms with E-state index >= 15 is 0 Å². The minimum absolute atomic E-state index is 0.124. The second-order valence-corrected chi connectivity index (χ2v) is 10.5. The van der Waals surface area contributed by atoms with E-state index in [4.69, 9.17) is 0 Å². The van der Waals surface area contributed by atoms with Gasteiger partial charge in [0, 0.05) is 18.5 Å². The summed E-state index contributed by atoms with van der Waals surface area (Å²) in [6.45, 7) is 12.1. The summed E-state index contributed by atoms with van der Waals surface area (Å²) < 4.78 is 1.82. The van der Waals surface area contributed by atoms with Crippen LogP contribution in [-0.2, 0) is 21.7 Å². The number of benzene rings is 2. The van der Waals surface area contributed by atoms with Crippen molar-refractivity contribution in [3.8, 4) is 22.5 Å². The third-order valence-electron chi connectivity index (χ3n) is 6.18. The lowest BCUT2D eigenvalue weighted by Crippen LogP contribution is -2.47. The Labute approximate surface area is 213 Å². The molecule has 192 valence electrons. The predicted octanol–water partition coefficient (Wildman–Crippen LogP) is 5.39. The molecule has 1 N–H and O–H groups in total. The molecule has 0 spiro atoms. The molecule has 0 bridgehead atoms. The largest absolute Gasteiger partial charge is 0.480 e. The molecule has 0 aliphatic heterocycles. The summed E-state index contributed by atoms with van der Waals surface area (Å²) in [6.07, 6.45) is 1.97. The molecule has 0 saturated carbocycles. The van der Waals surface area contributed by atoms with Gasteiger partial charge < -0.3 is 10.0 Å². The first-order valence-electron chi connectivity index (χ1n) is 12.5. The third kappa shape index (κ3) is 6.17. The smallest absolute Gasteiger partial charge is 0.326 e. The van der Waals surface area contributed by atoms with Crippen molar-refractivity contribution >= 4 is 11.9 Å². The number of nitrogens with zero attached hydrogens (tertiary/aromatic N) is 5. The van der Waals surface area contributed by atoms with Gasteiger partial charge in [-0.15, -0.1) is 5.10 Å². The molecule has 1 unspecified atom stereocenters. The van der Waals surface area contributed by atoms with Crippen LogP contribution in [0.25, 0.3) is 22.5 Å². The highest BCUT2D eigenvalue weighted by atomic mass is 16.4. The number of unbranched alkanes of at least 4 members (excludes halogenated alkanes) is 1. The molecule has 1 heterocycles. The van der Waals surface area contributed by atoms with Gasteiger partial charge in [-0.1, -0.05) is 75.7 Å². The number of hydrogen-bond acceptors (Lipinski definition) is 5. The zero-order chi connectivity index (χ0) is 26.5. The molecule has 2 aromatic carbocycles. The Morgan fingerprint density at radius 3 is 2.22 bits per heavy atom. The van der Waals surface area contributed by atoms with Crippen LogP contribution in [0.3, 0.4) is 0 Å². The van der Waals surface area contributed by atoms with Crippen molar-refractivity contribution in [3.63, 3.8) is 0 Å². The van der Waals surface area contributed by atoms with E-state index in [-0.39, 0.29) is 23.9 Å². The topological polar surface area (TPSA) is 101 Å². The maximum absolute atomic E-state index is 13.0. The summed E-state index contributed by atoms with van der Waals surface area (Å²) in [7, 11) is 0. The molecule has 1 atom stereocenters. The Bertz CT molecular complexity index is 1180. The fourth-order valence-electron chi connectivity index (χ4n) is 4.31. The van der Waals surface area contributed by atoms with E-state index in [0.717, 1.165) is 35.1 Å². The van der Waals surface area contributed by atoms with Gasteiger partial charge in [0.15, 0.2) is 5.82 Å². The van der Waals surface area contributed by atoms with Crippen LogP contribution in [-0.4, -0.2) is 48.1 Å². The second kappa shape index (κ2) is 11.5. The van der Waals surface area contributed by atoms with E-state index in [0.29, 0.717) is 12.2 Å². The van der Waals surface area contributed by atoms with Gasteiger partial charge in [-0.05, 0) is 60.2 Å². The van der Waals surface area contributed by atoms with Gasteiger partial charge in [0.05, 0.1) is 5.54 Å². The first-order chi connectivity index (χ1) is 17.0. The van der Waals surface area contributed by atoms with Crippen LogP contribution in [0.15, 0.2) is 48.5 Å². The van der Waals surface area contributed by atoms with E-state index in [1.165, 1.54) is 4.90 Å². The number of aromatic nitrogens is 4. The molecule has 1 aromatic heterocycles. The molecular weight excluding hydrogens is 454 g/mol. The number of carbonyl (C=O) groups excluding carboxylic acids is 1. The highest BCUT2D eigenvalue weighted by Gasteiger charge is 2.32. The first kappa shape index (κ1) is 27.0. The number of carboxylic acid groups (broad SMARTS) is 1. The Morgan fingerprint density at radius 1 is 1.03 bits per heavy atom. The van der Waals surface area contributed by atoms with E-state index in [1.807, 2.05) is 74.0 Å². The standard InChI is InChI=1S/C28H37N5O3/c1-7-8-13-24(34)32(25(19(2)3)27(35)36)18-20-14-16-21(17-15-20)22-11-9-10-12-23(22)26-29-30-31-33(26)28(4,5)6/h9-12,14-17,19,25H,7-8,13,18H2,1-6H3,(H,35,36). The molecule has 0 fully saturated rings. The minimum atomic E-state index is -0.975. The fraction of sp³-hybridized carbons (Fsp3) is 0.464. The molecule has 3 rings (SSSR count). The second-order valence-electron chi connectivity index (χ2n) is 10.5. The summed E-state index contributed by atoms with van der Waals surface area (Å²) in [4.78, 5) is 26.5. The van der Waals surface area contributed by atoms with E-state index in [1.54, 1.807) is 0 Å². The lowest BCUT2D eigenvalue weighted by atomic mass is 9.97.